The summed E-state index contributed by atoms with van der Waals surface area (Å²) in [5, 5.41) is 13.1. The Morgan fingerprint density at radius 3 is 2.54 bits per heavy atom. The van der Waals surface area contributed by atoms with Gasteiger partial charge in [-0.05, 0) is 68.7 Å². The zero-order valence-corrected chi connectivity index (χ0v) is 15.8. The molecule has 5 heteroatoms. The van der Waals surface area contributed by atoms with E-state index >= 15 is 0 Å². The maximum Gasteiger partial charge on any atom is 0.262 e. The van der Waals surface area contributed by atoms with Crippen molar-refractivity contribution in [2.24, 2.45) is 0 Å². The summed E-state index contributed by atoms with van der Waals surface area (Å²) in [6.45, 7) is 3.99. The van der Waals surface area contributed by atoms with Gasteiger partial charge in [-0.15, -0.1) is 0 Å². The van der Waals surface area contributed by atoms with Gasteiger partial charge < -0.3 is 9.88 Å². The summed E-state index contributed by atoms with van der Waals surface area (Å²) in [4.78, 5) is 12.4. The minimum Gasteiger partial charge on any atom is -0.349 e. The Hall–Kier alpha value is -2.51. The highest BCUT2D eigenvalue weighted by Crippen LogP contribution is 2.24. The summed E-state index contributed by atoms with van der Waals surface area (Å²) in [6, 6.07) is 11.8. The van der Waals surface area contributed by atoms with E-state index in [9.17, 15) is 10.1 Å². The fourth-order valence-electron chi connectivity index (χ4n) is 3.56. The van der Waals surface area contributed by atoms with Crippen LogP contribution in [0.4, 0.5) is 0 Å². The highest BCUT2D eigenvalue weighted by Gasteiger charge is 2.20. The Labute approximate surface area is 159 Å². The molecule has 1 aromatic carbocycles. The van der Waals surface area contributed by atoms with Gasteiger partial charge in [-0.1, -0.05) is 24.4 Å². The number of nitriles is 1. The van der Waals surface area contributed by atoms with Crippen LogP contribution in [-0.4, -0.2) is 16.5 Å². The summed E-state index contributed by atoms with van der Waals surface area (Å²) in [5.41, 5.74) is 4.03. The van der Waals surface area contributed by atoms with Crippen LogP contribution in [0.5, 0.6) is 0 Å². The maximum absolute atomic E-state index is 12.4. The van der Waals surface area contributed by atoms with Crippen LogP contribution in [-0.2, 0) is 4.79 Å². The van der Waals surface area contributed by atoms with Crippen molar-refractivity contribution in [3.05, 3.63) is 57.9 Å². The van der Waals surface area contributed by atoms with Crippen molar-refractivity contribution in [2.45, 2.75) is 45.6 Å². The van der Waals surface area contributed by atoms with E-state index in [1.807, 2.05) is 50.2 Å². The molecule has 1 N–H and O–H groups in total. The van der Waals surface area contributed by atoms with Gasteiger partial charge in [0, 0.05) is 28.1 Å². The number of nitrogens with zero attached hydrogens (tertiary/aromatic N) is 2. The molecular formula is C21H22ClN3O. The van der Waals surface area contributed by atoms with Gasteiger partial charge in [-0.2, -0.15) is 5.26 Å². The zero-order chi connectivity index (χ0) is 18.7. The minimum atomic E-state index is -0.282. The lowest BCUT2D eigenvalue weighted by Gasteiger charge is -2.11. The van der Waals surface area contributed by atoms with Gasteiger partial charge in [0.15, 0.2) is 0 Å². The normalized spacial score (nSPS) is 15.1. The highest BCUT2D eigenvalue weighted by molar-refractivity contribution is 6.30. The Bertz CT molecular complexity index is 881. The van der Waals surface area contributed by atoms with E-state index < -0.39 is 0 Å². The minimum absolute atomic E-state index is 0.147. The molecule has 1 aliphatic rings. The molecule has 1 saturated carbocycles. The van der Waals surface area contributed by atoms with E-state index in [0.29, 0.717) is 5.02 Å². The predicted molar refractivity (Wildman–Crippen MR) is 104 cm³/mol. The second kappa shape index (κ2) is 7.80. The molecule has 0 unspecified atom stereocenters. The van der Waals surface area contributed by atoms with Gasteiger partial charge >= 0.3 is 0 Å². The van der Waals surface area contributed by atoms with Crippen LogP contribution in [0.1, 0.15) is 42.6 Å². The van der Waals surface area contributed by atoms with Crippen molar-refractivity contribution in [3.8, 4) is 11.8 Å². The number of carbonyl (C=O) groups is 1. The monoisotopic (exact) mass is 367 g/mol. The average molecular weight is 368 g/mol. The lowest BCUT2D eigenvalue weighted by molar-refractivity contribution is -0.117. The molecule has 1 heterocycles. The Kier molecular flexibility index (Phi) is 5.49. The van der Waals surface area contributed by atoms with Crippen molar-refractivity contribution in [2.75, 3.05) is 0 Å². The quantitative estimate of drug-likeness (QED) is 0.628. The molecule has 4 nitrogen and oxygen atoms in total. The topological polar surface area (TPSA) is 57.8 Å². The first-order chi connectivity index (χ1) is 12.5. The third kappa shape index (κ3) is 3.84. The number of hydrogen-bond donors (Lipinski definition) is 1. The molecular weight excluding hydrogens is 346 g/mol. The van der Waals surface area contributed by atoms with Crippen molar-refractivity contribution < 1.29 is 4.79 Å². The maximum atomic E-state index is 12.4. The summed E-state index contributed by atoms with van der Waals surface area (Å²) >= 11 is 5.98. The van der Waals surface area contributed by atoms with E-state index in [1.54, 1.807) is 6.08 Å². The van der Waals surface area contributed by atoms with E-state index in [2.05, 4.69) is 9.88 Å². The highest BCUT2D eigenvalue weighted by atomic mass is 35.5. The van der Waals surface area contributed by atoms with E-state index in [4.69, 9.17) is 11.6 Å². The third-order valence-corrected chi connectivity index (χ3v) is 5.16. The van der Waals surface area contributed by atoms with Crippen molar-refractivity contribution in [3.63, 3.8) is 0 Å². The molecule has 3 rings (SSSR count). The molecule has 1 fully saturated rings. The van der Waals surface area contributed by atoms with Gasteiger partial charge in [0.05, 0.1) is 0 Å². The molecule has 2 aromatic rings. The van der Waals surface area contributed by atoms with Crippen molar-refractivity contribution in [1.82, 2.24) is 9.88 Å². The van der Waals surface area contributed by atoms with Gasteiger partial charge in [-0.25, -0.2) is 0 Å². The largest absolute Gasteiger partial charge is 0.349 e. The molecule has 134 valence electrons. The number of halogens is 1. The van der Waals surface area contributed by atoms with Crippen LogP contribution in [0.25, 0.3) is 11.8 Å². The van der Waals surface area contributed by atoms with E-state index in [1.165, 1.54) is 0 Å². The van der Waals surface area contributed by atoms with Gasteiger partial charge in [0.1, 0.15) is 11.6 Å². The molecule has 1 aromatic heterocycles. The summed E-state index contributed by atoms with van der Waals surface area (Å²) in [5.74, 6) is -0.282. The molecule has 1 amide bonds. The number of hydrogen-bond acceptors (Lipinski definition) is 2. The van der Waals surface area contributed by atoms with Crippen LogP contribution in [0.15, 0.2) is 35.9 Å². The summed E-state index contributed by atoms with van der Waals surface area (Å²) in [7, 11) is 0. The van der Waals surface area contributed by atoms with Gasteiger partial charge in [-0.3, -0.25) is 4.79 Å². The first kappa shape index (κ1) is 18.3. The summed E-state index contributed by atoms with van der Waals surface area (Å²) in [6.07, 6.45) is 5.95. The first-order valence-electron chi connectivity index (χ1n) is 8.87. The average Bonchev–Trinajstić information content (AvgIpc) is 3.22. The molecule has 0 radical (unpaired) electrons. The molecule has 0 aliphatic heterocycles. The predicted octanol–water partition coefficient (Wildman–Crippen LogP) is 4.71. The summed E-state index contributed by atoms with van der Waals surface area (Å²) < 4.78 is 2.09. The fourth-order valence-corrected chi connectivity index (χ4v) is 3.68. The third-order valence-electron chi connectivity index (χ3n) is 4.91. The number of benzene rings is 1. The van der Waals surface area contributed by atoms with Crippen LogP contribution in [0, 0.1) is 25.2 Å². The molecule has 0 spiro atoms. The fraction of sp³-hybridized carbons (Fsp3) is 0.333. The molecule has 0 saturated heterocycles. The molecule has 0 atom stereocenters. The number of aromatic nitrogens is 1. The van der Waals surface area contributed by atoms with Crippen LogP contribution < -0.4 is 5.32 Å². The Morgan fingerprint density at radius 2 is 1.92 bits per heavy atom. The Morgan fingerprint density at radius 1 is 1.27 bits per heavy atom. The van der Waals surface area contributed by atoms with Crippen molar-refractivity contribution >= 4 is 23.6 Å². The lowest BCUT2D eigenvalue weighted by atomic mass is 10.1. The van der Waals surface area contributed by atoms with Crippen LogP contribution in [0.3, 0.4) is 0 Å². The first-order valence-corrected chi connectivity index (χ1v) is 9.25. The number of amides is 1. The number of rotatable bonds is 4. The SMILES string of the molecule is Cc1cc(/C=C(\C#N)C(=O)NC2CCCC2)c(C)n1-c1ccc(Cl)cc1. The van der Waals surface area contributed by atoms with E-state index in [-0.39, 0.29) is 17.5 Å². The zero-order valence-electron chi connectivity index (χ0n) is 15.1. The van der Waals surface area contributed by atoms with Crippen molar-refractivity contribution in [1.29, 1.82) is 5.26 Å². The number of nitrogens with one attached hydrogen (secondary N) is 1. The van der Waals surface area contributed by atoms with Crippen LogP contribution in [0.2, 0.25) is 5.02 Å². The van der Waals surface area contributed by atoms with E-state index in [0.717, 1.165) is 48.3 Å². The van der Waals surface area contributed by atoms with Crippen LogP contribution >= 0.6 is 11.6 Å². The Balaban J connectivity index is 1.89. The van der Waals surface area contributed by atoms with Gasteiger partial charge in [0.2, 0.25) is 0 Å². The second-order valence-corrected chi connectivity index (χ2v) is 7.20. The number of aryl methyl sites for hydroxylation is 1. The number of carbonyl (C=O) groups excluding carboxylic acids is 1. The lowest BCUT2D eigenvalue weighted by Crippen LogP contribution is -2.33. The molecule has 0 bridgehead atoms. The second-order valence-electron chi connectivity index (χ2n) is 6.76. The molecule has 1 aliphatic carbocycles. The smallest absolute Gasteiger partial charge is 0.262 e. The molecule has 26 heavy (non-hydrogen) atoms. The van der Waals surface area contributed by atoms with Gasteiger partial charge in [0.25, 0.3) is 5.91 Å². The standard InChI is InChI=1S/C21H22ClN3O/c1-14-11-16(15(2)25(14)20-9-7-18(22)8-10-20)12-17(13-23)21(26)24-19-5-3-4-6-19/h7-12,19H,3-6H2,1-2H3,(H,24,26)/b17-12+.